The van der Waals surface area contributed by atoms with Gasteiger partial charge in [-0.05, 0) is 48.9 Å². The van der Waals surface area contributed by atoms with Crippen molar-refractivity contribution in [3.8, 4) is 17.4 Å². The minimum absolute atomic E-state index is 0.0851. The molecule has 2 aromatic rings. The maximum absolute atomic E-state index is 11.4. The Morgan fingerprint density at radius 3 is 2.75 bits per heavy atom. The van der Waals surface area contributed by atoms with Crippen molar-refractivity contribution in [3.05, 3.63) is 47.7 Å². The van der Waals surface area contributed by atoms with E-state index in [0.29, 0.717) is 29.7 Å². The van der Waals surface area contributed by atoms with Gasteiger partial charge >= 0.3 is 0 Å². The first-order valence-electron chi connectivity index (χ1n) is 9.79. The van der Waals surface area contributed by atoms with Gasteiger partial charge in [0.05, 0.1) is 30.3 Å². The molecule has 1 aliphatic carbocycles. The first-order valence-corrected chi connectivity index (χ1v) is 9.79. The Morgan fingerprint density at radius 1 is 1.25 bits per heavy atom. The number of aliphatic hydroxyl groups excluding tert-OH is 1. The van der Waals surface area contributed by atoms with Crippen LogP contribution in [0.25, 0.3) is 11.3 Å². The number of hydrogen-bond donors (Lipinski definition) is 2. The zero-order chi connectivity index (χ0) is 19.7. The smallest absolute Gasteiger partial charge is 0.217 e. The fourth-order valence-electron chi connectivity index (χ4n) is 4.70. The van der Waals surface area contributed by atoms with Gasteiger partial charge in [-0.1, -0.05) is 12.1 Å². The van der Waals surface area contributed by atoms with Crippen molar-refractivity contribution in [2.75, 3.05) is 13.1 Å². The second-order valence-corrected chi connectivity index (χ2v) is 7.98. The number of rotatable bonds is 4. The van der Waals surface area contributed by atoms with E-state index in [-0.39, 0.29) is 11.9 Å². The molecule has 28 heavy (non-hydrogen) atoms. The number of amides is 1. The van der Waals surface area contributed by atoms with Crippen LogP contribution in [0.5, 0.6) is 0 Å². The van der Waals surface area contributed by atoms with Crippen LogP contribution in [-0.2, 0) is 11.3 Å². The molecule has 1 aromatic carbocycles. The van der Waals surface area contributed by atoms with E-state index in [1.54, 1.807) is 6.07 Å². The summed E-state index contributed by atoms with van der Waals surface area (Å²) in [5.41, 5.74) is 1.42. The molecule has 1 saturated carbocycles. The van der Waals surface area contributed by atoms with Gasteiger partial charge < -0.3 is 14.8 Å². The third-order valence-electron chi connectivity index (χ3n) is 5.96. The van der Waals surface area contributed by atoms with Crippen LogP contribution in [-0.4, -0.2) is 41.1 Å². The molecule has 0 spiro atoms. The zero-order valence-electron chi connectivity index (χ0n) is 16.0. The first-order chi connectivity index (χ1) is 13.5. The van der Waals surface area contributed by atoms with Gasteiger partial charge in [0.25, 0.3) is 0 Å². The molecule has 1 aromatic heterocycles. The van der Waals surface area contributed by atoms with Gasteiger partial charge in [-0.25, -0.2) is 0 Å². The molecule has 1 amide bonds. The monoisotopic (exact) mass is 379 g/mol. The summed E-state index contributed by atoms with van der Waals surface area (Å²) in [6.45, 7) is 4.08. The van der Waals surface area contributed by atoms with Gasteiger partial charge in [-0.2, -0.15) is 5.26 Å². The van der Waals surface area contributed by atoms with Gasteiger partial charge in [0, 0.05) is 25.6 Å². The average molecular weight is 379 g/mol. The summed E-state index contributed by atoms with van der Waals surface area (Å²) in [7, 11) is 0. The predicted octanol–water partition coefficient (Wildman–Crippen LogP) is 2.53. The summed E-state index contributed by atoms with van der Waals surface area (Å²) in [4.78, 5) is 13.7. The lowest BCUT2D eigenvalue weighted by Gasteiger charge is -2.35. The molecule has 1 saturated heterocycles. The van der Waals surface area contributed by atoms with Crippen LogP contribution in [0.4, 0.5) is 0 Å². The Balaban J connectivity index is 1.41. The fourth-order valence-corrected chi connectivity index (χ4v) is 4.70. The van der Waals surface area contributed by atoms with Gasteiger partial charge in [0.2, 0.25) is 5.91 Å². The SMILES string of the molecule is CC(=O)N[C@@H]1C[C@@H]2CN(Cc3ccc(-c4ccccc4C#N)o3)C[C@@H]2C[C@H]1O. The number of nitriles is 1. The van der Waals surface area contributed by atoms with Crippen LogP contribution in [0.3, 0.4) is 0 Å². The Kier molecular flexibility index (Phi) is 5.21. The number of furan rings is 1. The van der Waals surface area contributed by atoms with E-state index in [9.17, 15) is 15.2 Å². The minimum Gasteiger partial charge on any atom is -0.460 e. The summed E-state index contributed by atoms with van der Waals surface area (Å²) >= 11 is 0. The summed E-state index contributed by atoms with van der Waals surface area (Å²) in [5, 5.41) is 22.5. The molecule has 0 radical (unpaired) electrons. The minimum atomic E-state index is -0.470. The highest BCUT2D eigenvalue weighted by molar-refractivity contribution is 5.73. The van der Waals surface area contributed by atoms with Gasteiger partial charge in [0.15, 0.2) is 0 Å². The molecule has 146 valence electrons. The quantitative estimate of drug-likeness (QED) is 0.852. The molecule has 4 atom stereocenters. The van der Waals surface area contributed by atoms with Crippen LogP contribution in [0, 0.1) is 23.2 Å². The summed E-state index contributed by atoms with van der Waals surface area (Å²) in [6.07, 6.45) is 1.08. The van der Waals surface area contributed by atoms with Gasteiger partial charge in [-0.15, -0.1) is 0 Å². The van der Waals surface area contributed by atoms with Crippen molar-refractivity contribution in [2.45, 2.75) is 38.5 Å². The van der Waals surface area contributed by atoms with Crippen molar-refractivity contribution < 1.29 is 14.3 Å². The van der Waals surface area contributed by atoms with E-state index in [1.807, 2.05) is 30.3 Å². The summed E-state index contributed by atoms with van der Waals surface area (Å²) in [6, 6.07) is 13.4. The lowest BCUT2D eigenvalue weighted by Crippen LogP contribution is -2.48. The standard InChI is InChI=1S/C22H25N3O3/c1-14(26)24-20-8-16-11-25(12-17(16)9-21(20)27)13-18-6-7-22(28-18)19-5-3-2-4-15(19)10-23/h2-7,16-17,20-21,27H,8-9,11-13H2,1H3,(H,24,26)/t16-,17+,20-,21-/m1/s1. The number of aliphatic hydroxyl groups is 1. The molecule has 6 nitrogen and oxygen atoms in total. The van der Waals surface area contributed by atoms with E-state index in [4.69, 9.17) is 4.42 Å². The first kappa shape index (κ1) is 18.7. The van der Waals surface area contributed by atoms with Crippen LogP contribution < -0.4 is 5.32 Å². The lowest BCUT2D eigenvalue weighted by molar-refractivity contribution is -0.121. The van der Waals surface area contributed by atoms with Crippen LogP contribution >= 0.6 is 0 Å². The number of likely N-dealkylation sites (tertiary alicyclic amines) is 1. The lowest BCUT2D eigenvalue weighted by atomic mass is 9.77. The van der Waals surface area contributed by atoms with E-state index < -0.39 is 6.10 Å². The number of nitrogens with one attached hydrogen (secondary N) is 1. The number of carbonyl (C=O) groups excluding carboxylic acids is 1. The van der Waals surface area contributed by atoms with E-state index >= 15 is 0 Å². The van der Waals surface area contributed by atoms with Crippen molar-refractivity contribution in [1.82, 2.24) is 10.2 Å². The number of fused-ring (bicyclic) bond motifs is 1. The maximum Gasteiger partial charge on any atom is 0.217 e. The van der Waals surface area contributed by atoms with Gasteiger partial charge in [-0.3, -0.25) is 9.69 Å². The Bertz CT molecular complexity index is 900. The third-order valence-corrected chi connectivity index (χ3v) is 5.96. The highest BCUT2D eigenvalue weighted by Crippen LogP contribution is 2.37. The number of benzene rings is 1. The average Bonchev–Trinajstić information content (AvgIpc) is 3.28. The summed E-state index contributed by atoms with van der Waals surface area (Å²) in [5.74, 6) is 2.44. The van der Waals surface area contributed by atoms with Crippen molar-refractivity contribution in [3.63, 3.8) is 0 Å². The molecule has 4 rings (SSSR count). The zero-order valence-corrected chi connectivity index (χ0v) is 16.0. The maximum atomic E-state index is 11.4. The molecule has 0 unspecified atom stereocenters. The second-order valence-electron chi connectivity index (χ2n) is 7.98. The molecule has 2 fully saturated rings. The third kappa shape index (κ3) is 3.82. The van der Waals surface area contributed by atoms with Crippen LogP contribution in [0.1, 0.15) is 31.1 Å². The Morgan fingerprint density at radius 2 is 2.00 bits per heavy atom. The largest absolute Gasteiger partial charge is 0.460 e. The fraction of sp³-hybridized carbons (Fsp3) is 0.455. The number of hydrogen-bond acceptors (Lipinski definition) is 5. The Hall–Kier alpha value is -2.62. The van der Waals surface area contributed by atoms with E-state index in [2.05, 4.69) is 16.3 Å². The molecular weight excluding hydrogens is 354 g/mol. The van der Waals surface area contributed by atoms with Crippen LogP contribution in [0.2, 0.25) is 0 Å². The van der Waals surface area contributed by atoms with E-state index in [1.165, 1.54) is 6.92 Å². The molecular formula is C22H25N3O3. The molecule has 1 aliphatic heterocycles. The highest BCUT2D eigenvalue weighted by Gasteiger charge is 2.42. The second kappa shape index (κ2) is 7.78. The van der Waals surface area contributed by atoms with Gasteiger partial charge in [0.1, 0.15) is 11.5 Å². The van der Waals surface area contributed by atoms with E-state index in [0.717, 1.165) is 37.3 Å². The summed E-state index contributed by atoms with van der Waals surface area (Å²) < 4.78 is 6.02. The van der Waals surface area contributed by atoms with Crippen molar-refractivity contribution >= 4 is 5.91 Å². The number of nitrogens with zero attached hydrogens (tertiary/aromatic N) is 2. The molecule has 6 heteroatoms. The van der Waals surface area contributed by atoms with Crippen LogP contribution in [0.15, 0.2) is 40.8 Å². The van der Waals surface area contributed by atoms with Crippen molar-refractivity contribution in [2.24, 2.45) is 11.8 Å². The molecule has 2 aliphatic rings. The molecule has 2 N–H and O–H groups in total. The number of carbonyl (C=O) groups is 1. The topological polar surface area (TPSA) is 89.5 Å². The Labute approximate surface area is 164 Å². The molecule has 2 heterocycles. The normalized spacial score (nSPS) is 27.2. The predicted molar refractivity (Wildman–Crippen MR) is 104 cm³/mol. The molecule has 0 bridgehead atoms. The van der Waals surface area contributed by atoms with Crippen molar-refractivity contribution in [1.29, 1.82) is 5.26 Å². The highest BCUT2D eigenvalue weighted by atomic mass is 16.3.